The molecular formula is C23H18ClF4NO3S2. The van der Waals surface area contributed by atoms with E-state index < -0.39 is 38.2 Å². The second kappa shape index (κ2) is 9.99. The quantitative estimate of drug-likeness (QED) is 0.369. The SMILES string of the molecule is C=C(c1ccccc1F)c1cc(Cl)ccc1S(=O)(=O)c1ccc([C@H](C)NS(=O)C(F)(F)F)cc1. The van der Waals surface area contributed by atoms with Crippen molar-refractivity contribution in [3.63, 3.8) is 0 Å². The molecule has 0 aromatic heterocycles. The number of rotatable bonds is 7. The Labute approximate surface area is 201 Å². The van der Waals surface area contributed by atoms with Crippen LogP contribution in [0, 0.1) is 5.82 Å². The van der Waals surface area contributed by atoms with Gasteiger partial charge in [-0.1, -0.05) is 48.5 Å². The minimum atomic E-state index is -4.93. The molecule has 0 radical (unpaired) electrons. The average molecular weight is 532 g/mol. The van der Waals surface area contributed by atoms with Crippen LogP contribution in [0.5, 0.6) is 0 Å². The summed E-state index contributed by atoms with van der Waals surface area (Å²) in [5.41, 5.74) is -4.30. The molecule has 3 rings (SSSR count). The van der Waals surface area contributed by atoms with Gasteiger partial charge in [0.25, 0.3) is 0 Å². The Morgan fingerprint density at radius 1 is 1.03 bits per heavy atom. The van der Waals surface area contributed by atoms with E-state index in [0.717, 1.165) is 0 Å². The van der Waals surface area contributed by atoms with Gasteiger partial charge in [0.05, 0.1) is 9.79 Å². The van der Waals surface area contributed by atoms with Gasteiger partial charge in [-0.05, 0) is 54.5 Å². The Morgan fingerprint density at radius 3 is 2.24 bits per heavy atom. The zero-order valence-corrected chi connectivity index (χ0v) is 20.0. The Hall–Kier alpha value is -2.53. The minimum Gasteiger partial charge on any atom is -0.234 e. The van der Waals surface area contributed by atoms with Crippen LogP contribution in [0.3, 0.4) is 0 Å². The third-order valence-corrected chi connectivity index (χ3v) is 7.99. The van der Waals surface area contributed by atoms with E-state index in [4.69, 9.17) is 11.6 Å². The highest BCUT2D eigenvalue weighted by molar-refractivity contribution is 7.91. The lowest BCUT2D eigenvalue weighted by atomic mass is 9.99. The number of alkyl halides is 3. The number of nitrogens with one attached hydrogen (secondary N) is 1. The van der Waals surface area contributed by atoms with Crippen LogP contribution in [-0.4, -0.2) is 18.1 Å². The molecule has 0 heterocycles. The lowest BCUT2D eigenvalue weighted by Gasteiger charge is -2.16. The zero-order chi connectivity index (χ0) is 25.3. The van der Waals surface area contributed by atoms with Crippen molar-refractivity contribution in [2.45, 2.75) is 28.3 Å². The first-order valence-electron chi connectivity index (χ1n) is 9.66. The van der Waals surface area contributed by atoms with Gasteiger partial charge in [0.15, 0.2) is 11.0 Å². The molecule has 0 fully saturated rings. The number of hydrogen-bond donors (Lipinski definition) is 1. The van der Waals surface area contributed by atoms with Crippen LogP contribution in [0.4, 0.5) is 17.6 Å². The van der Waals surface area contributed by atoms with Crippen LogP contribution in [0.2, 0.25) is 5.02 Å². The molecule has 0 aliphatic heterocycles. The van der Waals surface area contributed by atoms with E-state index in [0.29, 0.717) is 5.56 Å². The predicted molar refractivity (Wildman–Crippen MR) is 124 cm³/mol. The van der Waals surface area contributed by atoms with Gasteiger partial charge < -0.3 is 0 Å². The van der Waals surface area contributed by atoms with Crippen molar-refractivity contribution in [2.75, 3.05) is 0 Å². The van der Waals surface area contributed by atoms with E-state index in [9.17, 15) is 30.2 Å². The fourth-order valence-electron chi connectivity index (χ4n) is 3.18. The summed E-state index contributed by atoms with van der Waals surface area (Å²) in [5, 5.41) is 0.222. The van der Waals surface area contributed by atoms with E-state index in [1.807, 2.05) is 4.72 Å². The van der Waals surface area contributed by atoms with Crippen LogP contribution in [0.25, 0.3) is 5.57 Å². The van der Waals surface area contributed by atoms with E-state index >= 15 is 0 Å². The van der Waals surface area contributed by atoms with Crippen molar-refractivity contribution in [1.82, 2.24) is 4.72 Å². The van der Waals surface area contributed by atoms with Crippen molar-refractivity contribution in [3.05, 3.63) is 101 Å². The highest BCUT2D eigenvalue weighted by Gasteiger charge is 2.38. The number of benzene rings is 3. The third-order valence-electron chi connectivity index (χ3n) is 4.94. The monoisotopic (exact) mass is 531 g/mol. The molecular weight excluding hydrogens is 514 g/mol. The summed E-state index contributed by atoms with van der Waals surface area (Å²) in [4.78, 5) is -0.312. The second-order valence-electron chi connectivity index (χ2n) is 7.23. The molecule has 0 aliphatic carbocycles. The Kier molecular flexibility index (Phi) is 7.66. The number of sulfone groups is 1. The smallest absolute Gasteiger partial charge is 0.234 e. The van der Waals surface area contributed by atoms with Crippen LogP contribution < -0.4 is 4.72 Å². The highest BCUT2D eigenvalue weighted by Crippen LogP contribution is 2.34. The van der Waals surface area contributed by atoms with Crippen LogP contribution in [-0.2, 0) is 20.8 Å². The standard InChI is InChI=1S/C23H18ClF4NO3S2/c1-14(19-5-3-4-6-21(19)25)20-13-17(24)9-12-22(20)34(31,32)18-10-7-16(8-11-18)15(2)29-33(30)23(26,27)28/h3-13,15,29H,1H2,2H3/t15-,33?/m0/s1. The average Bonchev–Trinajstić information content (AvgIpc) is 2.78. The first kappa shape index (κ1) is 26.1. The maximum Gasteiger partial charge on any atom is 0.485 e. The molecule has 0 spiro atoms. The van der Waals surface area contributed by atoms with Gasteiger partial charge in [0.1, 0.15) is 5.82 Å². The molecule has 0 bridgehead atoms. The van der Waals surface area contributed by atoms with Crippen molar-refractivity contribution >= 4 is 38.0 Å². The van der Waals surface area contributed by atoms with Gasteiger partial charge in [0.2, 0.25) is 9.84 Å². The van der Waals surface area contributed by atoms with Crippen LogP contribution in [0.1, 0.15) is 29.7 Å². The maximum atomic E-state index is 14.3. The normalized spacial score (nSPS) is 13.9. The fraction of sp³-hybridized carbons (Fsp3) is 0.130. The van der Waals surface area contributed by atoms with Gasteiger partial charge in [-0.2, -0.15) is 13.2 Å². The van der Waals surface area contributed by atoms with Crippen LogP contribution in [0.15, 0.2) is 83.1 Å². The summed E-state index contributed by atoms with van der Waals surface area (Å²) in [5.74, 6) is -0.585. The third kappa shape index (κ3) is 5.57. The topological polar surface area (TPSA) is 63.2 Å². The zero-order valence-electron chi connectivity index (χ0n) is 17.6. The van der Waals surface area contributed by atoms with Gasteiger partial charge in [0, 0.05) is 22.2 Å². The lowest BCUT2D eigenvalue weighted by Crippen LogP contribution is -2.31. The number of hydrogen-bond acceptors (Lipinski definition) is 3. The molecule has 11 heteroatoms. The van der Waals surface area contributed by atoms with E-state index in [-0.39, 0.29) is 31.5 Å². The summed E-state index contributed by atoms with van der Waals surface area (Å²) in [6.07, 6.45) is 0. The van der Waals surface area contributed by atoms with E-state index in [1.165, 1.54) is 67.6 Å². The summed E-state index contributed by atoms with van der Waals surface area (Å²) in [6.45, 7) is 5.22. The second-order valence-corrected chi connectivity index (χ2v) is 10.8. The van der Waals surface area contributed by atoms with Gasteiger partial charge in [-0.25, -0.2) is 21.7 Å². The van der Waals surface area contributed by atoms with Crippen molar-refractivity contribution in [3.8, 4) is 0 Å². The predicted octanol–water partition coefficient (Wildman–Crippen LogP) is 6.21. The van der Waals surface area contributed by atoms with E-state index in [2.05, 4.69) is 6.58 Å². The molecule has 3 aromatic carbocycles. The summed E-state index contributed by atoms with van der Waals surface area (Å²) < 4.78 is 91.9. The first-order valence-corrected chi connectivity index (χ1v) is 12.7. The fourth-order valence-corrected chi connectivity index (χ4v) is 5.41. The first-order chi connectivity index (χ1) is 15.8. The van der Waals surface area contributed by atoms with Crippen molar-refractivity contribution in [2.24, 2.45) is 0 Å². The Bertz CT molecular complexity index is 1360. The van der Waals surface area contributed by atoms with Crippen molar-refractivity contribution < 1.29 is 30.2 Å². The molecule has 1 unspecified atom stereocenters. The molecule has 2 atom stereocenters. The number of halogens is 5. The molecule has 3 aromatic rings. The van der Waals surface area contributed by atoms with E-state index in [1.54, 1.807) is 6.07 Å². The van der Waals surface area contributed by atoms with Gasteiger partial charge in [-0.3, -0.25) is 0 Å². The largest absolute Gasteiger partial charge is 0.485 e. The highest BCUT2D eigenvalue weighted by atomic mass is 35.5. The van der Waals surface area contributed by atoms with Crippen molar-refractivity contribution in [1.29, 1.82) is 0 Å². The molecule has 34 heavy (non-hydrogen) atoms. The summed E-state index contributed by atoms with van der Waals surface area (Å²) in [7, 11) is -7.42. The van der Waals surface area contributed by atoms with Crippen LogP contribution >= 0.6 is 11.6 Å². The summed E-state index contributed by atoms with van der Waals surface area (Å²) in [6, 6.07) is 13.9. The molecule has 180 valence electrons. The molecule has 0 saturated heterocycles. The minimum absolute atomic E-state index is 0.106. The molecule has 0 saturated carbocycles. The Morgan fingerprint density at radius 2 is 1.65 bits per heavy atom. The molecule has 0 amide bonds. The molecule has 4 nitrogen and oxygen atoms in total. The van der Waals surface area contributed by atoms with Gasteiger partial charge >= 0.3 is 5.51 Å². The lowest BCUT2D eigenvalue weighted by molar-refractivity contribution is -0.0396. The summed E-state index contributed by atoms with van der Waals surface area (Å²) >= 11 is 6.07. The Balaban J connectivity index is 1.98. The maximum absolute atomic E-state index is 14.3. The van der Waals surface area contributed by atoms with Gasteiger partial charge in [-0.15, -0.1) is 0 Å². The molecule has 1 N–H and O–H groups in total. The molecule has 0 aliphatic rings.